The fourth-order valence-electron chi connectivity index (χ4n) is 3.29. The molecule has 2 unspecified atom stereocenters. The molecule has 0 aromatic rings. The first-order chi connectivity index (χ1) is 12.2. The molecule has 0 aromatic heterocycles. The summed E-state index contributed by atoms with van der Waals surface area (Å²) < 4.78 is 11.3. The molecular formula is C22H36O4. The van der Waals surface area contributed by atoms with Crippen molar-refractivity contribution in [2.75, 3.05) is 13.2 Å². The number of allylic oxidation sites excluding steroid dienone is 2. The van der Waals surface area contributed by atoms with Crippen LogP contribution < -0.4 is 0 Å². The van der Waals surface area contributed by atoms with E-state index in [0.29, 0.717) is 18.8 Å². The minimum atomic E-state index is -0.320. The van der Waals surface area contributed by atoms with Crippen LogP contribution in [0.4, 0.5) is 0 Å². The monoisotopic (exact) mass is 364 g/mol. The molecule has 0 amide bonds. The van der Waals surface area contributed by atoms with Gasteiger partial charge in [-0.2, -0.15) is 0 Å². The summed E-state index contributed by atoms with van der Waals surface area (Å²) in [5.41, 5.74) is 2.09. The minimum Gasteiger partial charge on any atom is -0.462 e. The highest BCUT2D eigenvalue weighted by atomic mass is 16.5. The first-order valence-corrected chi connectivity index (χ1v) is 9.87. The Hall–Kier alpha value is -1.42. The second kappa shape index (κ2) is 11.3. The molecule has 26 heavy (non-hydrogen) atoms. The van der Waals surface area contributed by atoms with E-state index >= 15 is 0 Å². The summed E-state index contributed by atoms with van der Waals surface area (Å²) in [7, 11) is 0. The third-order valence-electron chi connectivity index (χ3n) is 5.11. The molecule has 1 heterocycles. The SMILES string of the molecule is CC(=O)OCC=C1CCCCOC1(C)CCCC(C)C(=O)CC=C(C)C. The summed E-state index contributed by atoms with van der Waals surface area (Å²) >= 11 is 0. The van der Waals surface area contributed by atoms with Gasteiger partial charge in [0.15, 0.2) is 0 Å². The van der Waals surface area contributed by atoms with E-state index in [1.165, 1.54) is 18.1 Å². The first-order valence-electron chi connectivity index (χ1n) is 9.87. The van der Waals surface area contributed by atoms with Gasteiger partial charge in [0, 0.05) is 25.9 Å². The van der Waals surface area contributed by atoms with Crippen molar-refractivity contribution >= 4 is 11.8 Å². The number of esters is 1. The Bertz CT molecular complexity index is 528. The lowest BCUT2D eigenvalue weighted by atomic mass is 9.85. The van der Waals surface area contributed by atoms with Crippen molar-refractivity contribution in [3.05, 3.63) is 23.3 Å². The maximum absolute atomic E-state index is 12.2. The average Bonchev–Trinajstić information content (AvgIpc) is 2.74. The Morgan fingerprint density at radius 3 is 2.65 bits per heavy atom. The third kappa shape index (κ3) is 8.31. The summed E-state index contributed by atoms with van der Waals surface area (Å²) in [5, 5.41) is 0. The average molecular weight is 365 g/mol. The van der Waals surface area contributed by atoms with Gasteiger partial charge in [0.05, 0.1) is 5.60 Å². The molecule has 4 nitrogen and oxygen atoms in total. The summed E-state index contributed by atoms with van der Waals surface area (Å²) in [6.07, 6.45) is 10.4. The van der Waals surface area contributed by atoms with Crippen LogP contribution >= 0.6 is 0 Å². The van der Waals surface area contributed by atoms with Crippen molar-refractivity contribution in [2.45, 2.75) is 85.2 Å². The Labute approximate surface area is 159 Å². The highest BCUT2D eigenvalue weighted by molar-refractivity contribution is 5.82. The van der Waals surface area contributed by atoms with Gasteiger partial charge in [-0.05, 0) is 70.9 Å². The van der Waals surface area contributed by atoms with E-state index in [1.54, 1.807) is 0 Å². The first kappa shape index (κ1) is 22.6. The van der Waals surface area contributed by atoms with Gasteiger partial charge in [0.1, 0.15) is 12.4 Å². The minimum absolute atomic E-state index is 0.0773. The van der Waals surface area contributed by atoms with Crippen LogP contribution in [-0.4, -0.2) is 30.6 Å². The standard InChI is InChI=1S/C22H36O4/c1-17(2)11-12-21(24)18(3)9-8-14-22(5)20(10-6-7-15-26-22)13-16-25-19(4)23/h11,13,18H,6-10,12,14-16H2,1-5H3. The highest BCUT2D eigenvalue weighted by Crippen LogP contribution is 2.34. The fourth-order valence-corrected chi connectivity index (χ4v) is 3.29. The highest BCUT2D eigenvalue weighted by Gasteiger charge is 2.31. The Kier molecular flexibility index (Phi) is 9.85. The molecule has 0 spiro atoms. The number of ketones is 1. The molecule has 1 rings (SSSR count). The van der Waals surface area contributed by atoms with Crippen LogP contribution in [-0.2, 0) is 19.1 Å². The number of hydrogen-bond donors (Lipinski definition) is 0. The van der Waals surface area contributed by atoms with Gasteiger partial charge in [0.25, 0.3) is 0 Å². The van der Waals surface area contributed by atoms with Gasteiger partial charge >= 0.3 is 5.97 Å². The number of hydrogen-bond acceptors (Lipinski definition) is 4. The van der Waals surface area contributed by atoms with E-state index in [9.17, 15) is 9.59 Å². The maximum atomic E-state index is 12.2. The van der Waals surface area contributed by atoms with E-state index < -0.39 is 0 Å². The maximum Gasteiger partial charge on any atom is 0.302 e. The number of carbonyl (C=O) groups excluding carboxylic acids is 2. The predicted molar refractivity (Wildman–Crippen MR) is 105 cm³/mol. The van der Waals surface area contributed by atoms with Crippen molar-refractivity contribution < 1.29 is 19.1 Å². The van der Waals surface area contributed by atoms with Crippen LogP contribution in [0.15, 0.2) is 23.3 Å². The van der Waals surface area contributed by atoms with E-state index in [4.69, 9.17) is 9.47 Å². The zero-order chi connectivity index (χ0) is 19.6. The van der Waals surface area contributed by atoms with Crippen LogP contribution in [0.1, 0.15) is 79.6 Å². The van der Waals surface area contributed by atoms with Crippen molar-refractivity contribution in [1.29, 1.82) is 0 Å². The van der Waals surface area contributed by atoms with Gasteiger partial charge in [-0.1, -0.05) is 18.6 Å². The van der Waals surface area contributed by atoms with Gasteiger partial charge in [-0.15, -0.1) is 0 Å². The van der Waals surface area contributed by atoms with Crippen LogP contribution in [0, 0.1) is 5.92 Å². The normalized spacial score (nSPS) is 23.2. The molecule has 0 aliphatic carbocycles. The fraction of sp³-hybridized carbons (Fsp3) is 0.727. The number of Topliss-reactive ketones (excluding diaryl/α,β-unsaturated/α-hetero) is 1. The Balaban J connectivity index is 2.60. The molecule has 148 valence electrons. The summed E-state index contributed by atoms with van der Waals surface area (Å²) in [4.78, 5) is 23.2. The van der Waals surface area contributed by atoms with Gasteiger partial charge < -0.3 is 9.47 Å². The molecule has 0 saturated carbocycles. The molecular weight excluding hydrogens is 328 g/mol. The van der Waals surface area contributed by atoms with E-state index in [-0.39, 0.29) is 17.5 Å². The molecule has 0 N–H and O–H groups in total. The molecule has 0 radical (unpaired) electrons. The molecule has 1 aliphatic rings. The summed E-state index contributed by atoms with van der Waals surface area (Å²) in [6, 6.07) is 0. The van der Waals surface area contributed by atoms with E-state index in [2.05, 4.69) is 6.92 Å². The molecule has 1 fully saturated rings. The van der Waals surface area contributed by atoms with Gasteiger partial charge in [-0.3, -0.25) is 9.59 Å². The zero-order valence-corrected chi connectivity index (χ0v) is 17.2. The lowest BCUT2D eigenvalue weighted by Crippen LogP contribution is -2.31. The smallest absolute Gasteiger partial charge is 0.302 e. The second-order valence-corrected chi connectivity index (χ2v) is 7.81. The molecule has 1 saturated heterocycles. The van der Waals surface area contributed by atoms with E-state index in [0.717, 1.165) is 45.1 Å². The van der Waals surface area contributed by atoms with Gasteiger partial charge in [-0.25, -0.2) is 0 Å². The Morgan fingerprint density at radius 2 is 2.00 bits per heavy atom. The molecule has 2 atom stereocenters. The second-order valence-electron chi connectivity index (χ2n) is 7.81. The number of carbonyl (C=O) groups is 2. The van der Waals surface area contributed by atoms with Crippen molar-refractivity contribution in [1.82, 2.24) is 0 Å². The number of rotatable bonds is 9. The number of ether oxygens (including phenoxy) is 2. The predicted octanol–water partition coefficient (Wildman–Crippen LogP) is 5.17. The molecule has 4 heteroatoms. The third-order valence-corrected chi connectivity index (χ3v) is 5.11. The summed E-state index contributed by atoms with van der Waals surface area (Å²) in [5.74, 6) is 0.124. The van der Waals surface area contributed by atoms with Crippen molar-refractivity contribution in [2.24, 2.45) is 5.92 Å². The van der Waals surface area contributed by atoms with E-state index in [1.807, 2.05) is 32.9 Å². The lowest BCUT2D eigenvalue weighted by molar-refractivity contribution is -0.139. The van der Waals surface area contributed by atoms with Crippen molar-refractivity contribution in [3.63, 3.8) is 0 Å². The molecule has 0 aromatic carbocycles. The summed E-state index contributed by atoms with van der Waals surface area (Å²) in [6.45, 7) is 10.7. The van der Waals surface area contributed by atoms with Gasteiger partial charge in [0.2, 0.25) is 0 Å². The lowest BCUT2D eigenvalue weighted by Gasteiger charge is -2.31. The van der Waals surface area contributed by atoms with Crippen molar-refractivity contribution in [3.8, 4) is 0 Å². The quantitative estimate of drug-likeness (QED) is 0.418. The van der Waals surface area contributed by atoms with Crippen LogP contribution in [0.3, 0.4) is 0 Å². The Morgan fingerprint density at radius 1 is 1.27 bits per heavy atom. The van der Waals surface area contributed by atoms with Crippen LogP contribution in [0.25, 0.3) is 0 Å². The molecule has 1 aliphatic heterocycles. The topological polar surface area (TPSA) is 52.6 Å². The molecule has 0 bridgehead atoms. The van der Waals surface area contributed by atoms with Crippen LogP contribution in [0.2, 0.25) is 0 Å². The zero-order valence-electron chi connectivity index (χ0n) is 17.2. The van der Waals surface area contributed by atoms with Crippen LogP contribution in [0.5, 0.6) is 0 Å². The largest absolute Gasteiger partial charge is 0.462 e.